The van der Waals surface area contributed by atoms with Crippen LogP contribution >= 0.6 is 0 Å². The van der Waals surface area contributed by atoms with E-state index in [1.807, 2.05) is 6.07 Å². The number of carbonyl (C=O) groups excluding carboxylic acids is 1. The second kappa shape index (κ2) is 4.46. The van der Waals surface area contributed by atoms with E-state index in [1.54, 1.807) is 6.92 Å². The maximum absolute atomic E-state index is 12.7. The number of ketones is 1. The Morgan fingerprint density at radius 2 is 2.13 bits per heavy atom. The highest BCUT2D eigenvalue weighted by molar-refractivity contribution is 5.89. The van der Waals surface area contributed by atoms with Crippen LogP contribution in [0.3, 0.4) is 0 Å². The number of aliphatic hydroxyl groups excluding tert-OH is 1. The second-order valence-electron chi connectivity index (χ2n) is 7.44. The van der Waals surface area contributed by atoms with E-state index in [1.165, 1.54) is 16.6 Å². The van der Waals surface area contributed by atoms with E-state index in [4.69, 9.17) is 0 Å². The summed E-state index contributed by atoms with van der Waals surface area (Å²) >= 11 is 0. The first-order chi connectivity index (χ1) is 11.1. The van der Waals surface area contributed by atoms with Crippen LogP contribution in [-0.4, -0.2) is 33.4 Å². The van der Waals surface area contributed by atoms with Crippen molar-refractivity contribution in [1.82, 2.24) is 9.47 Å². The van der Waals surface area contributed by atoms with E-state index in [-0.39, 0.29) is 11.8 Å². The van der Waals surface area contributed by atoms with Crippen molar-refractivity contribution in [3.63, 3.8) is 0 Å². The van der Waals surface area contributed by atoms with Crippen LogP contribution in [-0.2, 0) is 11.2 Å². The molecule has 1 aromatic heterocycles. The summed E-state index contributed by atoms with van der Waals surface area (Å²) in [5, 5.41) is 12.2. The molecule has 1 fully saturated rings. The first-order valence-corrected chi connectivity index (χ1v) is 8.68. The summed E-state index contributed by atoms with van der Waals surface area (Å²) in [6, 6.07) is 8.52. The Balaban J connectivity index is 1.87. The van der Waals surface area contributed by atoms with Crippen LogP contribution in [0.5, 0.6) is 0 Å². The lowest BCUT2D eigenvalue weighted by Gasteiger charge is -2.54. The lowest BCUT2D eigenvalue weighted by molar-refractivity contribution is -0.145. The maximum Gasteiger partial charge on any atom is 0.138 e. The van der Waals surface area contributed by atoms with Crippen molar-refractivity contribution in [3.8, 4) is 0 Å². The Morgan fingerprint density at radius 1 is 1.30 bits per heavy atom. The van der Waals surface area contributed by atoms with Crippen molar-refractivity contribution in [1.29, 1.82) is 0 Å². The zero-order valence-electron chi connectivity index (χ0n) is 13.5. The minimum Gasteiger partial charge on any atom is -0.373 e. The molecule has 23 heavy (non-hydrogen) atoms. The Kier molecular flexibility index (Phi) is 2.67. The molecule has 1 N–H and O–H groups in total. The molecule has 3 atom stereocenters. The Labute approximate surface area is 135 Å². The summed E-state index contributed by atoms with van der Waals surface area (Å²) in [4.78, 5) is 15.2. The van der Waals surface area contributed by atoms with Crippen molar-refractivity contribution < 1.29 is 9.90 Å². The SMILES string of the molecule is CC(=O)C12CCCN3CCc4c(n(c5ccccc45)C(O)C1)C32. The molecular weight excluding hydrogens is 288 g/mol. The van der Waals surface area contributed by atoms with Gasteiger partial charge in [-0.1, -0.05) is 18.2 Å². The number of para-hydroxylation sites is 1. The number of aliphatic hydroxyl groups is 1. The number of hydrogen-bond acceptors (Lipinski definition) is 3. The highest BCUT2D eigenvalue weighted by Gasteiger charge is 2.56. The van der Waals surface area contributed by atoms with Crippen molar-refractivity contribution in [2.24, 2.45) is 5.41 Å². The Morgan fingerprint density at radius 3 is 2.96 bits per heavy atom. The van der Waals surface area contributed by atoms with Crippen LogP contribution < -0.4 is 0 Å². The van der Waals surface area contributed by atoms with Gasteiger partial charge in [0.2, 0.25) is 0 Å². The second-order valence-corrected chi connectivity index (χ2v) is 7.44. The summed E-state index contributed by atoms with van der Waals surface area (Å²) in [5.74, 6) is 0.246. The molecule has 0 saturated carbocycles. The summed E-state index contributed by atoms with van der Waals surface area (Å²) in [5.41, 5.74) is 3.28. The Bertz CT molecular complexity index is 824. The molecule has 0 aliphatic carbocycles. The number of aromatic nitrogens is 1. The number of Topliss-reactive ketones (excluding diaryl/α,β-unsaturated/α-hetero) is 1. The molecule has 4 heterocycles. The quantitative estimate of drug-likeness (QED) is 0.881. The summed E-state index contributed by atoms with van der Waals surface area (Å²) < 4.78 is 2.12. The largest absolute Gasteiger partial charge is 0.373 e. The van der Waals surface area contributed by atoms with Crippen LogP contribution in [0.15, 0.2) is 24.3 Å². The minimum absolute atomic E-state index is 0.147. The van der Waals surface area contributed by atoms with Gasteiger partial charge in [0.1, 0.15) is 12.0 Å². The molecule has 4 nitrogen and oxygen atoms in total. The van der Waals surface area contributed by atoms with Gasteiger partial charge in [-0.25, -0.2) is 0 Å². The van der Waals surface area contributed by atoms with Gasteiger partial charge in [-0.15, -0.1) is 0 Å². The lowest BCUT2D eigenvalue weighted by atomic mass is 9.63. The standard InChI is InChI=1S/C19H22N2O2/c1-12(22)19-8-4-9-20-10-7-14-13-5-2-3-6-15(13)21(16(23)11-19)17(14)18(19)20/h2-3,5-6,16,18,23H,4,7-11H2,1H3. The van der Waals surface area contributed by atoms with Gasteiger partial charge < -0.3 is 9.67 Å². The molecule has 120 valence electrons. The van der Waals surface area contributed by atoms with Crippen molar-refractivity contribution in [2.45, 2.75) is 44.9 Å². The molecule has 4 heteroatoms. The number of piperidine rings is 1. The topological polar surface area (TPSA) is 45.5 Å². The third-order valence-corrected chi connectivity index (χ3v) is 6.47. The van der Waals surface area contributed by atoms with Crippen molar-refractivity contribution in [2.75, 3.05) is 13.1 Å². The van der Waals surface area contributed by atoms with E-state index < -0.39 is 11.6 Å². The average molecular weight is 310 g/mol. The van der Waals surface area contributed by atoms with E-state index in [2.05, 4.69) is 27.7 Å². The predicted molar refractivity (Wildman–Crippen MR) is 88.2 cm³/mol. The zero-order valence-corrected chi connectivity index (χ0v) is 13.5. The molecule has 0 radical (unpaired) electrons. The van der Waals surface area contributed by atoms with E-state index >= 15 is 0 Å². The molecule has 3 aliphatic heterocycles. The smallest absolute Gasteiger partial charge is 0.138 e. The van der Waals surface area contributed by atoms with Gasteiger partial charge in [-0.2, -0.15) is 0 Å². The van der Waals surface area contributed by atoms with Crippen molar-refractivity contribution in [3.05, 3.63) is 35.5 Å². The average Bonchev–Trinajstić information content (AvgIpc) is 2.89. The van der Waals surface area contributed by atoms with Gasteiger partial charge in [-0.05, 0) is 44.4 Å². The fourth-order valence-corrected chi connectivity index (χ4v) is 5.52. The Hall–Kier alpha value is -1.65. The number of nitrogens with zero attached hydrogens (tertiary/aromatic N) is 2. The highest BCUT2D eigenvalue weighted by atomic mass is 16.3. The highest BCUT2D eigenvalue weighted by Crippen LogP contribution is 2.58. The van der Waals surface area contributed by atoms with Crippen LogP contribution in [0.4, 0.5) is 0 Å². The number of rotatable bonds is 1. The first-order valence-electron chi connectivity index (χ1n) is 8.68. The van der Waals surface area contributed by atoms with Crippen LogP contribution in [0.2, 0.25) is 0 Å². The fraction of sp³-hybridized carbons (Fsp3) is 0.526. The monoisotopic (exact) mass is 310 g/mol. The van der Waals surface area contributed by atoms with E-state index in [9.17, 15) is 9.90 Å². The third-order valence-electron chi connectivity index (χ3n) is 6.47. The molecule has 1 saturated heterocycles. The fourth-order valence-electron chi connectivity index (χ4n) is 5.52. The molecule has 2 aromatic rings. The van der Waals surface area contributed by atoms with Gasteiger partial charge in [0, 0.05) is 24.0 Å². The molecule has 3 unspecified atom stereocenters. The molecule has 0 bridgehead atoms. The van der Waals surface area contributed by atoms with Gasteiger partial charge in [0.15, 0.2) is 0 Å². The lowest BCUT2D eigenvalue weighted by Crippen LogP contribution is -2.55. The van der Waals surface area contributed by atoms with Crippen LogP contribution in [0.25, 0.3) is 10.9 Å². The third kappa shape index (κ3) is 1.56. The molecule has 5 rings (SSSR count). The summed E-state index contributed by atoms with van der Waals surface area (Å²) in [6.45, 7) is 3.82. The number of fused-ring (bicyclic) bond motifs is 3. The number of carbonyl (C=O) groups is 1. The zero-order chi connectivity index (χ0) is 15.8. The number of benzene rings is 1. The maximum atomic E-state index is 12.7. The normalized spacial score (nSPS) is 32.8. The summed E-state index contributed by atoms with van der Waals surface area (Å²) in [6.07, 6.45) is 2.93. The minimum atomic E-state index is -0.596. The van der Waals surface area contributed by atoms with E-state index in [0.717, 1.165) is 37.9 Å². The van der Waals surface area contributed by atoms with E-state index in [0.29, 0.717) is 6.42 Å². The molecule has 1 aromatic carbocycles. The van der Waals surface area contributed by atoms with Gasteiger partial charge in [0.05, 0.1) is 17.0 Å². The van der Waals surface area contributed by atoms with Crippen LogP contribution in [0.1, 0.15) is 49.7 Å². The molecule has 3 aliphatic rings. The van der Waals surface area contributed by atoms with Crippen LogP contribution in [0, 0.1) is 5.41 Å². The summed E-state index contributed by atoms with van der Waals surface area (Å²) in [7, 11) is 0. The van der Waals surface area contributed by atoms with Gasteiger partial charge in [0.25, 0.3) is 0 Å². The van der Waals surface area contributed by atoms with Gasteiger partial charge in [-0.3, -0.25) is 9.69 Å². The molecular formula is C19H22N2O2. The van der Waals surface area contributed by atoms with Crippen molar-refractivity contribution >= 4 is 16.7 Å². The van der Waals surface area contributed by atoms with Gasteiger partial charge >= 0.3 is 0 Å². The first kappa shape index (κ1) is 13.8. The predicted octanol–water partition coefficient (Wildman–Crippen LogP) is 2.80. The number of hydrogen-bond donors (Lipinski definition) is 1. The molecule has 0 amide bonds. The molecule has 0 spiro atoms.